The van der Waals surface area contributed by atoms with E-state index in [0.717, 1.165) is 42.6 Å². The van der Waals surface area contributed by atoms with Gasteiger partial charge < -0.3 is 9.30 Å². The molecule has 118 valence electrons. The lowest BCUT2D eigenvalue weighted by atomic mass is 10.1. The highest BCUT2D eigenvalue weighted by Crippen LogP contribution is 2.28. The van der Waals surface area contributed by atoms with E-state index >= 15 is 0 Å². The summed E-state index contributed by atoms with van der Waals surface area (Å²) in [4.78, 5) is 14.5. The fraction of sp³-hybridized carbons (Fsp3) is 0.706. The van der Waals surface area contributed by atoms with Crippen LogP contribution in [-0.2, 0) is 11.3 Å². The normalized spacial score (nSPS) is 14.9. The molecule has 1 aliphatic carbocycles. The first-order valence-electron chi connectivity index (χ1n) is 7.99. The van der Waals surface area contributed by atoms with Crippen LogP contribution in [0, 0.1) is 19.8 Å². The van der Waals surface area contributed by atoms with Crippen molar-refractivity contribution < 1.29 is 9.53 Å². The number of hydrogen-bond donors (Lipinski definition) is 0. The second-order valence-corrected chi connectivity index (χ2v) is 6.21. The maximum Gasteiger partial charge on any atom is 0.178 e. The average molecular weight is 292 g/mol. The van der Waals surface area contributed by atoms with E-state index in [-0.39, 0.29) is 5.78 Å². The van der Waals surface area contributed by atoms with Gasteiger partial charge in [0.05, 0.1) is 13.2 Å². The van der Waals surface area contributed by atoms with Crippen molar-refractivity contribution in [2.24, 2.45) is 5.92 Å². The summed E-state index contributed by atoms with van der Waals surface area (Å²) in [7, 11) is 1.98. The second kappa shape index (κ2) is 7.23. The monoisotopic (exact) mass is 292 g/mol. The van der Waals surface area contributed by atoms with Crippen LogP contribution in [0.4, 0.5) is 0 Å². The highest BCUT2D eigenvalue weighted by Gasteiger charge is 2.21. The van der Waals surface area contributed by atoms with E-state index in [4.69, 9.17) is 4.74 Å². The summed E-state index contributed by atoms with van der Waals surface area (Å²) in [6.07, 6.45) is 2.64. The molecule has 1 aromatic rings. The molecule has 1 heterocycles. The van der Waals surface area contributed by atoms with E-state index in [9.17, 15) is 4.79 Å². The molecule has 0 N–H and O–H groups in total. The maximum absolute atomic E-state index is 12.4. The second-order valence-electron chi connectivity index (χ2n) is 6.21. The summed E-state index contributed by atoms with van der Waals surface area (Å²) in [6.45, 7) is 9.98. The maximum atomic E-state index is 12.4. The van der Waals surface area contributed by atoms with Crippen LogP contribution in [0.2, 0.25) is 0 Å². The highest BCUT2D eigenvalue weighted by molar-refractivity contribution is 5.99. The molecule has 0 aromatic carbocycles. The molecule has 1 aromatic heterocycles. The zero-order chi connectivity index (χ0) is 15.4. The number of carbonyl (C=O) groups excluding carboxylic acids is 1. The molecule has 0 saturated heterocycles. The molecule has 1 saturated carbocycles. The van der Waals surface area contributed by atoms with Crippen LogP contribution < -0.4 is 0 Å². The number of carbonyl (C=O) groups is 1. The Bertz CT molecular complexity index is 489. The molecule has 0 spiro atoms. The molecule has 21 heavy (non-hydrogen) atoms. The number of ketones is 1. The Morgan fingerprint density at radius 1 is 1.43 bits per heavy atom. The predicted molar refractivity (Wildman–Crippen MR) is 85.0 cm³/mol. The first-order chi connectivity index (χ1) is 10.0. The molecule has 2 rings (SSSR count). The summed E-state index contributed by atoms with van der Waals surface area (Å²) in [5, 5.41) is 0. The number of likely N-dealkylation sites (N-methyl/N-ethyl adjacent to an activating group) is 1. The van der Waals surface area contributed by atoms with Gasteiger partial charge in [-0.3, -0.25) is 9.69 Å². The van der Waals surface area contributed by atoms with Crippen LogP contribution in [0.5, 0.6) is 0 Å². The summed E-state index contributed by atoms with van der Waals surface area (Å²) in [5.41, 5.74) is 3.10. The summed E-state index contributed by atoms with van der Waals surface area (Å²) < 4.78 is 7.81. The lowest BCUT2D eigenvalue weighted by Crippen LogP contribution is -2.29. The van der Waals surface area contributed by atoms with Crippen molar-refractivity contribution in [3.63, 3.8) is 0 Å². The largest absolute Gasteiger partial charge is 0.380 e. The van der Waals surface area contributed by atoms with Gasteiger partial charge in [0.2, 0.25) is 0 Å². The number of Topliss-reactive ketones (excluding diaryl/α,β-unsaturated/α-hetero) is 1. The van der Waals surface area contributed by atoms with E-state index in [2.05, 4.69) is 18.4 Å². The Kier molecular flexibility index (Phi) is 5.59. The number of aryl methyl sites for hydroxylation is 1. The lowest BCUT2D eigenvalue weighted by molar-refractivity contribution is 0.0860. The standard InChI is InChI=1S/C17H28N2O2/c1-5-19-13(2)10-16(14(19)3)17(20)11-18(4)8-9-21-12-15-6-7-15/h10,15H,5-9,11-12H2,1-4H3. The third kappa shape index (κ3) is 4.42. The third-order valence-electron chi connectivity index (χ3n) is 4.27. The van der Waals surface area contributed by atoms with Crippen LogP contribution in [0.1, 0.15) is 41.5 Å². The Morgan fingerprint density at radius 3 is 2.71 bits per heavy atom. The fourth-order valence-electron chi connectivity index (χ4n) is 2.73. The SMILES string of the molecule is CCn1c(C)cc(C(=O)CN(C)CCOCC2CC2)c1C. The van der Waals surface area contributed by atoms with E-state index in [1.165, 1.54) is 12.8 Å². The van der Waals surface area contributed by atoms with Crippen molar-refractivity contribution in [1.82, 2.24) is 9.47 Å². The molecule has 0 radical (unpaired) electrons. The van der Waals surface area contributed by atoms with E-state index in [0.29, 0.717) is 13.2 Å². The number of hydrogen-bond acceptors (Lipinski definition) is 3. The van der Waals surface area contributed by atoms with E-state index in [1.54, 1.807) is 0 Å². The minimum atomic E-state index is 0.201. The van der Waals surface area contributed by atoms with Crippen molar-refractivity contribution in [3.8, 4) is 0 Å². The van der Waals surface area contributed by atoms with Gasteiger partial charge in [-0.25, -0.2) is 0 Å². The Hall–Kier alpha value is -1.13. The van der Waals surface area contributed by atoms with Crippen LogP contribution >= 0.6 is 0 Å². The minimum absolute atomic E-state index is 0.201. The van der Waals surface area contributed by atoms with Gasteiger partial charge in [0.25, 0.3) is 0 Å². The molecule has 0 bridgehead atoms. The van der Waals surface area contributed by atoms with Crippen LogP contribution in [0.15, 0.2) is 6.07 Å². The van der Waals surface area contributed by atoms with Gasteiger partial charge in [-0.15, -0.1) is 0 Å². The van der Waals surface area contributed by atoms with Gasteiger partial charge >= 0.3 is 0 Å². The van der Waals surface area contributed by atoms with Gasteiger partial charge in [0.15, 0.2) is 5.78 Å². The van der Waals surface area contributed by atoms with Crippen molar-refractivity contribution in [2.75, 3.05) is 33.4 Å². The Balaban J connectivity index is 1.79. The van der Waals surface area contributed by atoms with Crippen LogP contribution in [0.25, 0.3) is 0 Å². The minimum Gasteiger partial charge on any atom is -0.380 e. The first kappa shape index (κ1) is 16.2. The van der Waals surface area contributed by atoms with Gasteiger partial charge in [-0.2, -0.15) is 0 Å². The van der Waals surface area contributed by atoms with Crippen LogP contribution in [-0.4, -0.2) is 48.6 Å². The number of ether oxygens (including phenoxy) is 1. The van der Waals surface area contributed by atoms with Gasteiger partial charge in [0, 0.05) is 36.6 Å². The number of aromatic nitrogens is 1. The topological polar surface area (TPSA) is 34.5 Å². The molecule has 0 atom stereocenters. The van der Waals surface area contributed by atoms with Crippen molar-refractivity contribution in [3.05, 3.63) is 23.0 Å². The van der Waals surface area contributed by atoms with Gasteiger partial charge in [-0.1, -0.05) is 0 Å². The van der Waals surface area contributed by atoms with Crippen molar-refractivity contribution >= 4 is 5.78 Å². The first-order valence-corrected chi connectivity index (χ1v) is 7.99. The fourth-order valence-corrected chi connectivity index (χ4v) is 2.73. The van der Waals surface area contributed by atoms with Crippen LogP contribution in [0.3, 0.4) is 0 Å². The predicted octanol–water partition coefficient (Wildman–Crippen LogP) is 2.67. The molecule has 1 fully saturated rings. The number of nitrogens with zero attached hydrogens (tertiary/aromatic N) is 2. The molecular weight excluding hydrogens is 264 g/mol. The molecule has 0 unspecified atom stereocenters. The third-order valence-corrected chi connectivity index (χ3v) is 4.27. The quantitative estimate of drug-likeness (QED) is 0.518. The number of rotatable bonds is 9. The van der Waals surface area contributed by atoms with Gasteiger partial charge in [-0.05, 0) is 52.6 Å². The molecule has 1 aliphatic rings. The zero-order valence-corrected chi connectivity index (χ0v) is 13.8. The smallest absolute Gasteiger partial charge is 0.178 e. The Morgan fingerprint density at radius 2 is 2.14 bits per heavy atom. The molecule has 4 nitrogen and oxygen atoms in total. The molecule has 4 heteroatoms. The summed E-state index contributed by atoms with van der Waals surface area (Å²) in [6, 6.07) is 2.01. The summed E-state index contributed by atoms with van der Waals surface area (Å²) >= 11 is 0. The van der Waals surface area contributed by atoms with E-state index in [1.807, 2.05) is 24.9 Å². The molecule has 0 amide bonds. The van der Waals surface area contributed by atoms with Crippen molar-refractivity contribution in [1.29, 1.82) is 0 Å². The Labute approximate surface area is 128 Å². The molecule has 0 aliphatic heterocycles. The van der Waals surface area contributed by atoms with Gasteiger partial charge in [0.1, 0.15) is 0 Å². The highest BCUT2D eigenvalue weighted by atomic mass is 16.5. The molecular formula is C17H28N2O2. The lowest BCUT2D eigenvalue weighted by Gasteiger charge is -2.15. The summed E-state index contributed by atoms with van der Waals surface area (Å²) in [5.74, 6) is 1.00. The van der Waals surface area contributed by atoms with Crippen molar-refractivity contribution in [2.45, 2.75) is 40.2 Å². The van der Waals surface area contributed by atoms with E-state index < -0.39 is 0 Å². The zero-order valence-electron chi connectivity index (χ0n) is 13.8. The average Bonchev–Trinajstić information content (AvgIpc) is 3.20.